The van der Waals surface area contributed by atoms with Crippen LogP contribution >= 0.6 is 0 Å². The van der Waals surface area contributed by atoms with Crippen molar-refractivity contribution in [2.45, 2.75) is 38.3 Å². The second-order valence-electron chi connectivity index (χ2n) is 4.74. The van der Waals surface area contributed by atoms with E-state index in [0.717, 1.165) is 24.8 Å². The molecule has 0 amide bonds. The minimum atomic E-state index is -0.175. The van der Waals surface area contributed by atoms with Gasteiger partial charge in [0.1, 0.15) is 5.82 Å². The summed E-state index contributed by atoms with van der Waals surface area (Å²) in [5, 5.41) is 12.6. The van der Waals surface area contributed by atoms with Crippen LogP contribution in [0.15, 0.2) is 18.2 Å². The van der Waals surface area contributed by atoms with Crippen LogP contribution in [0.3, 0.4) is 0 Å². The number of nitrogens with one attached hydrogen (secondary N) is 1. The van der Waals surface area contributed by atoms with Gasteiger partial charge in [0.15, 0.2) is 0 Å². The van der Waals surface area contributed by atoms with Crippen LogP contribution in [0.1, 0.15) is 30.4 Å². The molecule has 2 nitrogen and oxygen atoms in total. The molecule has 16 heavy (non-hydrogen) atoms. The Hall–Kier alpha value is -0.930. The Balaban J connectivity index is 2.01. The number of halogens is 1. The van der Waals surface area contributed by atoms with Crippen molar-refractivity contribution in [1.29, 1.82) is 0 Å². The van der Waals surface area contributed by atoms with Crippen LogP contribution in [0.2, 0.25) is 0 Å². The lowest BCUT2D eigenvalue weighted by Crippen LogP contribution is -2.53. The topological polar surface area (TPSA) is 32.3 Å². The Morgan fingerprint density at radius 2 is 2.19 bits per heavy atom. The zero-order valence-corrected chi connectivity index (χ0v) is 9.59. The SMILES string of the molecule is Cc1ccc(F)c(CNC2(CO)CCC2)c1. The molecule has 0 atom stereocenters. The van der Waals surface area contributed by atoms with E-state index >= 15 is 0 Å². The van der Waals surface area contributed by atoms with E-state index in [-0.39, 0.29) is 18.0 Å². The van der Waals surface area contributed by atoms with E-state index in [1.807, 2.05) is 13.0 Å². The molecule has 0 aromatic heterocycles. The highest BCUT2D eigenvalue weighted by Gasteiger charge is 2.35. The number of aryl methyl sites for hydroxylation is 1. The summed E-state index contributed by atoms with van der Waals surface area (Å²) in [5.74, 6) is -0.175. The minimum Gasteiger partial charge on any atom is -0.394 e. The van der Waals surface area contributed by atoms with Crippen molar-refractivity contribution in [2.24, 2.45) is 0 Å². The molecule has 0 bridgehead atoms. The third-order valence-corrected chi connectivity index (χ3v) is 3.47. The maximum atomic E-state index is 13.5. The third-order valence-electron chi connectivity index (χ3n) is 3.47. The first-order valence-corrected chi connectivity index (χ1v) is 5.76. The second-order valence-corrected chi connectivity index (χ2v) is 4.74. The molecule has 1 aromatic carbocycles. The molecule has 1 aliphatic rings. The fourth-order valence-corrected chi connectivity index (χ4v) is 2.12. The van der Waals surface area contributed by atoms with E-state index in [9.17, 15) is 9.50 Å². The second kappa shape index (κ2) is 4.52. The molecule has 0 aliphatic heterocycles. The van der Waals surface area contributed by atoms with Gasteiger partial charge in [0.05, 0.1) is 6.61 Å². The molecule has 1 aromatic rings. The molecular formula is C13H18FNO. The number of hydrogen-bond donors (Lipinski definition) is 2. The van der Waals surface area contributed by atoms with Crippen LogP contribution in [0.4, 0.5) is 4.39 Å². The van der Waals surface area contributed by atoms with Crippen LogP contribution < -0.4 is 5.32 Å². The Kier molecular flexibility index (Phi) is 3.26. The first-order chi connectivity index (χ1) is 7.65. The van der Waals surface area contributed by atoms with Gasteiger partial charge in [-0.3, -0.25) is 0 Å². The number of aliphatic hydroxyl groups is 1. The molecule has 2 rings (SSSR count). The van der Waals surface area contributed by atoms with E-state index in [2.05, 4.69) is 5.32 Å². The van der Waals surface area contributed by atoms with Gasteiger partial charge in [0, 0.05) is 17.6 Å². The molecule has 0 heterocycles. The summed E-state index contributed by atoms with van der Waals surface area (Å²) in [6, 6.07) is 5.12. The first kappa shape index (κ1) is 11.6. The van der Waals surface area contributed by atoms with Crippen molar-refractivity contribution in [3.63, 3.8) is 0 Å². The molecule has 1 saturated carbocycles. The summed E-state index contributed by atoms with van der Waals surface area (Å²) in [6.45, 7) is 2.59. The van der Waals surface area contributed by atoms with Crippen molar-refractivity contribution in [2.75, 3.05) is 6.61 Å². The van der Waals surface area contributed by atoms with Gasteiger partial charge in [-0.15, -0.1) is 0 Å². The van der Waals surface area contributed by atoms with Crippen molar-refractivity contribution in [1.82, 2.24) is 5.32 Å². The van der Waals surface area contributed by atoms with Crippen molar-refractivity contribution >= 4 is 0 Å². The van der Waals surface area contributed by atoms with Crippen molar-refractivity contribution < 1.29 is 9.50 Å². The summed E-state index contributed by atoms with van der Waals surface area (Å²) >= 11 is 0. The Labute approximate surface area is 95.5 Å². The third kappa shape index (κ3) is 2.25. The smallest absolute Gasteiger partial charge is 0.127 e. The van der Waals surface area contributed by atoms with Gasteiger partial charge in [-0.25, -0.2) is 4.39 Å². The van der Waals surface area contributed by atoms with Gasteiger partial charge in [0.25, 0.3) is 0 Å². The highest BCUT2D eigenvalue weighted by Crippen LogP contribution is 2.31. The molecule has 88 valence electrons. The molecule has 0 saturated heterocycles. The number of aliphatic hydroxyl groups excluding tert-OH is 1. The maximum absolute atomic E-state index is 13.5. The highest BCUT2D eigenvalue weighted by molar-refractivity contribution is 5.24. The summed E-state index contributed by atoms with van der Waals surface area (Å²) < 4.78 is 13.5. The zero-order valence-electron chi connectivity index (χ0n) is 9.59. The monoisotopic (exact) mass is 223 g/mol. The van der Waals surface area contributed by atoms with Crippen LogP contribution in [0.5, 0.6) is 0 Å². The van der Waals surface area contributed by atoms with Gasteiger partial charge >= 0.3 is 0 Å². The summed E-state index contributed by atoms with van der Waals surface area (Å²) in [7, 11) is 0. The predicted octanol–water partition coefficient (Wildman–Crippen LogP) is 2.14. The lowest BCUT2D eigenvalue weighted by atomic mass is 9.77. The Bertz CT molecular complexity index is 369. The number of benzene rings is 1. The van der Waals surface area contributed by atoms with E-state index in [0.29, 0.717) is 12.1 Å². The highest BCUT2D eigenvalue weighted by atomic mass is 19.1. The average Bonchev–Trinajstić information content (AvgIpc) is 2.22. The van der Waals surface area contributed by atoms with Crippen LogP contribution in [-0.2, 0) is 6.54 Å². The minimum absolute atomic E-state index is 0.139. The Morgan fingerprint density at radius 3 is 2.75 bits per heavy atom. The lowest BCUT2D eigenvalue weighted by molar-refractivity contribution is 0.0869. The van der Waals surface area contributed by atoms with E-state index < -0.39 is 0 Å². The molecule has 1 fully saturated rings. The summed E-state index contributed by atoms with van der Waals surface area (Å²) in [6.07, 6.45) is 3.11. The average molecular weight is 223 g/mol. The fourth-order valence-electron chi connectivity index (χ4n) is 2.12. The molecular weight excluding hydrogens is 205 g/mol. The molecule has 3 heteroatoms. The quantitative estimate of drug-likeness (QED) is 0.819. The van der Waals surface area contributed by atoms with E-state index in [1.165, 1.54) is 6.07 Å². The molecule has 0 radical (unpaired) electrons. The van der Waals surface area contributed by atoms with Gasteiger partial charge in [-0.1, -0.05) is 17.7 Å². The van der Waals surface area contributed by atoms with Gasteiger partial charge in [-0.05, 0) is 32.3 Å². The van der Waals surface area contributed by atoms with Crippen LogP contribution in [0.25, 0.3) is 0 Å². The number of rotatable bonds is 4. The normalized spacial score (nSPS) is 18.2. The predicted molar refractivity (Wildman–Crippen MR) is 61.6 cm³/mol. The van der Waals surface area contributed by atoms with Crippen LogP contribution in [0, 0.1) is 12.7 Å². The largest absolute Gasteiger partial charge is 0.394 e. The molecule has 0 spiro atoms. The first-order valence-electron chi connectivity index (χ1n) is 5.76. The van der Waals surface area contributed by atoms with E-state index in [4.69, 9.17) is 0 Å². The van der Waals surface area contributed by atoms with Gasteiger partial charge in [-0.2, -0.15) is 0 Å². The lowest BCUT2D eigenvalue weighted by Gasteiger charge is -2.41. The van der Waals surface area contributed by atoms with Crippen molar-refractivity contribution in [3.05, 3.63) is 35.1 Å². The van der Waals surface area contributed by atoms with Crippen LogP contribution in [-0.4, -0.2) is 17.3 Å². The molecule has 0 unspecified atom stereocenters. The van der Waals surface area contributed by atoms with Gasteiger partial charge < -0.3 is 10.4 Å². The Morgan fingerprint density at radius 1 is 1.44 bits per heavy atom. The zero-order chi connectivity index (χ0) is 11.6. The van der Waals surface area contributed by atoms with Gasteiger partial charge in [0.2, 0.25) is 0 Å². The fraction of sp³-hybridized carbons (Fsp3) is 0.538. The van der Waals surface area contributed by atoms with Crippen molar-refractivity contribution in [3.8, 4) is 0 Å². The molecule has 1 aliphatic carbocycles. The summed E-state index contributed by atoms with van der Waals surface area (Å²) in [5.41, 5.74) is 1.58. The number of hydrogen-bond acceptors (Lipinski definition) is 2. The standard InChI is InChI=1S/C13H18FNO/c1-10-3-4-12(14)11(7-10)8-15-13(9-16)5-2-6-13/h3-4,7,15-16H,2,5-6,8-9H2,1H3. The molecule has 2 N–H and O–H groups in total. The maximum Gasteiger partial charge on any atom is 0.127 e. The summed E-state index contributed by atoms with van der Waals surface area (Å²) in [4.78, 5) is 0. The van der Waals surface area contributed by atoms with E-state index in [1.54, 1.807) is 6.07 Å².